The number of hydrogen-bond donors (Lipinski definition) is 1. The van der Waals surface area contributed by atoms with Gasteiger partial charge in [0.1, 0.15) is 17.3 Å². The van der Waals surface area contributed by atoms with Crippen molar-refractivity contribution in [2.75, 3.05) is 27.4 Å². The minimum absolute atomic E-state index is 0.0508. The van der Waals surface area contributed by atoms with E-state index in [0.29, 0.717) is 42.2 Å². The quantitative estimate of drug-likeness (QED) is 0.252. The van der Waals surface area contributed by atoms with Gasteiger partial charge in [-0.15, -0.1) is 0 Å². The Hall–Kier alpha value is -3.32. The maximum atomic E-state index is 13.3. The molecule has 0 aliphatic carbocycles. The Labute approximate surface area is 200 Å². The van der Waals surface area contributed by atoms with Gasteiger partial charge in [0.05, 0.1) is 24.8 Å². The average molecular weight is 468 g/mol. The molecule has 1 aliphatic rings. The summed E-state index contributed by atoms with van der Waals surface area (Å²) >= 11 is 0. The predicted molar refractivity (Wildman–Crippen MR) is 130 cm³/mol. The third-order valence-corrected chi connectivity index (χ3v) is 5.86. The normalized spacial score (nSPS) is 17.5. The standard InChI is InChI=1S/C27H33NO6/c1-16(2)34-21-11-8-7-10-19(21)24-23(26(30)27(31)28(24)12-9-13-32-5)25(29)20-14-18(4)22(33-6)15-17(20)3/h7-8,10-11,14-16,24,29H,9,12-13H2,1-6H3/b25-23+. The Morgan fingerprint density at radius 1 is 1.06 bits per heavy atom. The topological polar surface area (TPSA) is 85.3 Å². The zero-order valence-electron chi connectivity index (χ0n) is 20.7. The zero-order valence-corrected chi connectivity index (χ0v) is 20.7. The molecule has 1 atom stereocenters. The molecule has 0 spiro atoms. The number of Topliss-reactive ketones (excluding diaryl/α,β-unsaturated/α-hetero) is 1. The van der Waals surface area contributed by atoms with Gasteiger partial charge < -0.3 is 24.2 Å². The molecular weight excluding hydrogens is 434 g/mol. The van der Waals surface area contributed by atoms with Crippen LogP contribution in [0.15, 0.2) is 42.0 Å². The van der Waals surface area contributed by atoms with Crippen molar-refractivity contribution >= 4 is 17.4 Å². The van der Waals surface area contributed by atoms with Gasteiger partial charge in [-0.2, -0.15) is 0 Å². The van der Waals surface area contributed by atoms with Crippen LogP contribution in [0.3, 0.4) is 0 Å². The van der Waals surface area contributed by atoms with Gasteiger partial charge in [-0.05, 0) is 63.4 Å². The monoisotopic (exact) mass is 467 g/mol. The molecule has 7 nitrogen and oxygen atoms in total. The molecule has 0 bridgehead atoms. The van der Waals surface area contributed by atoms with Crippen molar-refractivity contribution in [3.63, 3.8) is 0 Å². The molecule has 0 saturated carbocycles. The van der Waals surface area contributed by atoms with Crippen LogP contribution in [-0.4, -0.2) is 55.2 Å². The first-order valence-electron chi connectivity index (χ1n) is 11.4. The van der Waals surface area contributed by atoms with Crippen molar-refractivity contribution in [2.45, 2.75) is 46.3 Å². The van der Waals surface area contributed by atoms with E-state index < -0.39 is 17.7 Å². The number of para-hydroxylation sites is 1. The maximum absolute atomic E-state index is 13.3. The zero-order chi connectivity index (χ0) is 25.0. The molecule has 2 aromatic carbocycles. The number of carbonyl (C=O) groups excluding carboxylic acids is 2. The van der Waals surface area contributed by atoms with E-state index in [-0.39, 0.29) is 17.4 Å². The Bertz CT molecular complexity index is 1100. The molecule has 7 heteroatoms. The molecule has 182 valence electrons. The Kier molecular flexibility index (Phi) is 7.99. The van der Waals surface area contributed by atoms with Crippen molar-refractivity contribution in [2.24, 2.45) is 0 Å². The SMILES string of the molecule is COCCCN1C(=O)C(=O)/C(=C(/O)c2cc(C)c(OC)cc2C)C1c1ccccc1OC(C)C. The summed E-state index contributed by atoms with van der Waals surface area (Å²) in [6, 6.07) is 10.1. The van der Waals surface area contributed by atoms with Crippen LogP contribution in [-0.2, 0) is 14.3 Å². The smallest absolute Gasteiger partial charge is 0.295 e. The molecule has 0 aromatic heterocycles. The number of nitrogens with zero attached hydrogens (tertiary/aromatic N) is 1. The molecule has 1 unspecified atom stereocenters. The fourth-order valence-corrected chi connectivity index (χ4v) is 4.29. The van der Waals surface area contributed by atoms with Gasteiger partial charge in [0.15, 0.2) is 0 Å². The number of benzene rings is 2. The molecule has 1 heterocycles. The Morgan fingerprint density at radius 3 is 2.41 bits per heavy atom. The highest BCUT2D eigenvalue weighted by Gasteiger charge is 2.47. The number of aliphatic hydroxyl groups excluding tert-OH is 1. The summed E-state index contributed by atoms with van der Waals surface area (Å²) in [5, 5.41) is 11.4. The molecule has 0 radical (unpaired) electrons. The van der Waals surface area contributed by atoms with Crippen molar-refractivity contribution < 1.29 is 28.9 Å². The van der Waals surface area contributed by atoms with Crippen LogP contribution in [0.25, 0.3) is 5.76 Å². The molecule has 1 fully saturated rings. The molecule has 34 heavy (non-hydrogen) atoms. The van der Waals surface area contributed by atoms with Gasteiger partial charge in [-0.1, -0.05) is 18.2 Å². The van der Waals surface area contributed by atoms with E-state index in [9.17, 15) is 14.7 Å². The van der Waals surface area contributed by atoms with Crippen LogP contribution >= 0.6 is 0 Å². The number of carbonyl (C=O) groups is 2. The maximum Gasteiger partial charge on any atom is 0.295 e. The molecule has 2 aromatic rings. The van der Waals surface area contributed by atoms with Crippen LogP contribution in [0.2, 0.25) is 0 Å². The summed E-state index contributed by atoms with van der Waals surface area (Å²) in [6.07, 6.45) is 0.442. The van der Waals surface area contributed by atoms with Gasteiger partial charge in [-0.3, -0.25) is 9.59 Å². The summed E-state index contributed by atoms with van der Waals surface area (Å²) in [7, 11) is 3.17. The summed E-state index contributed by atoms with van der Waals surface area (Å²) in [5.41, 5.74) is 2.73. The van der Waals surface area contributed by atoms with E-state index in [1.807, 2.05) is 58.0 Å². The first-order chi connectivity index (χ1) is 16.2. The molecule has 3 rings (SSSR count). The highest BCUT2D eigenvalue weighted by molar-refractivity contribution is 6.46. The summed E-state index contributed by atoms with van der Waals surface area (Å²) in [5.74, 6) is -0.326. The number of hydrogen-bond acceptors (Lipinski definition) is 6. The second kappa shape index (κ2) is 10.7. The van der Waals surface area contributed by atoms with E-state index in [0.717, 1.165) is 11.1 Å². The van der Waals surface area contributed by atoms with Gasteiger partial charge in [-0.25, -0.2) is 0 Å². The minimum Gasteiger partial charge on any atom is -0.507 e. The number of likely N-dealkylation sites (tertiary alicyclic amines) is 1. The lowest BCUT2D eigenvalue weighted by molar-refractivity contribution is -0.140. The van der Waals surface area contributed by atoms with Crippen LogP contribution in [0.1, 0.15) is 48.6 Å². The second-order valence-electron chi connectivity index (χ2n) is 8.68. The number of aliphatic hydroxyl groups is 1. The van der Waals surface area contributed by atoms with Crippen molar-refractivity contribution in [1.82, 2.24) is 4.90 Å². The van der Waals surface area contributed by atoms with Crippen molar-refractivity contribution in [1.29, 1.82) is 0 Å². The number of rotatable bonds is 9. The summed E-state index contributed by atoms with van der Waals surface area (Å²) in [6.45, 7) is 8.26. The van der Waals surface area contributed by atoms with E-state index >= 15 is 0 Å². The second-order valence-corrected chi connectivity index (χ2v) is 8.68. The van der Waals surface area contributed by atoms with Crippen LogP contribution < -0.4 is 9.47 Å². The summed E-state index contributed by atoms with van der Waals surface area (Å²) < 4.78 is 16.6. The molecule has 1 saturated heterocycles. The number of ketones is 1. The molecular formula is C27H33NO6. The van der Waals surface area contributed by atoms with Gasteiger partial charge in [0.25, 0.3) is 11.7 Å². The van der Waals surface area contributed by atoms with Crippen molar-refractivity contribution in [3.05, 3.63) is 64.2 Å². The fourth-order valence-electron chi connectivity index (χ4n) is 4.29. The van der Waals surface area contributed by atoms with E-state index in [4.69, 9.17) is 14.2 Å². The van der Waals surface area contributed by atoms with Crippen LogP contribution in [0, 0.1) is 13.8 Å². The predicted octanol–water partition coefficient (Wildman–Crippen LogP) is 4.56. The lowest BCUT2D eigenvalue weighted by Crippen LogP contribution is -2.31. The first-order valence-corrected chi connectivity index (χ1v) is 11.4. The molecule has 1 N–H and O–H groups in total. The van der Waals surface area contributed by atoms with Crippen LogP contribution in [0.5, 0.6) is 11.5 Å². The van der Waals surface area contributed by atoms with Gasteiger partial charge in [0, 0.05) is 31.4 Å². The Morgan fingerprint density at radius 2 is 1.76 bits per heavy atom. The fraction of sp³-hybridized carbons (Fsp3) is 0.407. The third kappa shape index (κ3) is 4.94. The van der Waals surface area contributed by atoms with Crippen molar-refractivity contribution in [3.8, 4) is 11.5 Å². The van der Waals surface area contributed by atoms with Gasteiger partial charge in [0.2, 0.25) is 0 Å². The highest BCUT2D eigenvalue weighted by Crippen LogP contribution is 2.43. The lowest BCUT2D eigenvalue weighted by atomic mass is 9.92. The number of amides is 1. The van der Waals surface area contributed by atoms with E-state index in [2.05, 4.69) is 0 Å². The molecule has 1 aliphatic heterocycles. The number of methoxy groups -OCH3 is 2. The molecule has 1 amide bonds. The lowest BCUT2D eigenvalue weighted by Gasteiger charge is -2.27. The largest absolute Gasteiger partial charge is 0.507 e. The van der Waals surface area contributed by atoms with E-state index in [1.165, 1.54) is 4.90 Å². The summed E-state index contributed by atoms with van der Waals surface area (Å²) in [4.78, 5) is 27.9. The number of ether oxygens (including phenoxy) is 3. The minimum atomic E-state index is -0.784. The van der Waals surface area contributed by atoms with Crippen LogP contribution in [0.4, 0.5) is 0 Å². The third-order valence-electron chi connectivity index (χ3n) is 5.86. The highest BCUT2D eigenvalue weighted by atomic mass is 16.5. The van der Waals surface area contributed by atoms with E-state index in [1.54, 1.807) is 20.3 Å². The first kappa shape index (κ1) is 25.3. The van der Waals surface area contributed by atoms with Gasteiger partial charge >= 0.3 is 0 Å². The average Bonchev–Trinajstić information content (AvgIpc) is 3.05. The number of aryl methyl sites for hydroxylation is 2. The Balaban J connectivity index is 2.23.